The van der Waals surface area contributed by atoms with Crippen LogP contribution in [0, 0.1) is 0 Å². The van der Waals surface area contributed by atoms with E-state index in [1.54, 1.807) is 25.4 Å². The van der Waals surface area contributed by atoms with E-state index >= 15 is 0 Å². The predicted molar refractivity (Wildman–Crippen MR) is 122 cm³/mol. The van der Waals surface area contributed by atoms with Gasteiger partial charge < -0.3 is 9.32 Å². The Morgan fingerprint density at radius 3 is 2.90 bits per heavy atom. The van der Waals surface area contributed by atoms with Crippen molar-refractivity contribution in [3.63, 3.8) is 0 Å². The molecule has 1 fully saturated rings. The summed E-state index contributed by atoms with van der Waals surface area (Å²) < 4.78 is 30.4. The highest BCUT2D eigenvalue weighted by Crippen LogP contribution is 2.26. The molecule has 1 aliphatic rings. The Labute approximate surface area is 188 Å². The molecular formula is C20H23N3O5S3. The number of nitrogens with zero attached hydrogens (tertiary/aromatic N) is 3. The van der Waals surface area contributed by atoms with Crippen molar-refractivity contribution in [3.8, 4) is 0 Å². The summed E-state index contributed by atoms with van der Waals surface area (Å²) >= 11 is 2.67. The maximum absolute atomic E-state index is 13.2. The molecule has 1 atom stereocenters. The first-order chi connectivity index (χ1) is 14.8. The van der Waals surface area contributed by atoms with E-state index in [2.05, 4.69) is 4.98 Å². The van der Waals surface area contributed by atoms with Crippen molar-refractivity contribution in [2.75, 3.05) is 24.3 Å². The number of rotatable bonds is 7. The van der Waals surface area contributed by atoms with Gasteiger partial charge in [0.1, 0.15) is 10.6 Å². The summed E-state index contributed by atoms with van der Waals surface area (Å²) in [6, 6.07) is 5.12. The lowest BCUT2D eigenvalue weighted by atomic mass is 10.2. The highest BCUT2D eigenvalue weighted by molar-refractivity contribution is 7.99. The average molecular weight is 482 g/mol. The molecule has 0 unspecified atom stereocenters. The molecule has 11 heteroatoms. The number of amides is 1. The van der Waals surface area contributed by atoms with Gasteiger partial charge in [0.15, 0.2) is 15.0 Å². The molecule has 0 saturated carbocycles. The Balaban J connectivity index is 1.59. The van der Waals surface area contributed by atoms with Gasteiger partial charge in [0.25, 0.3) is 5.56 Å². The number of thiophene rings is 1. The Morgan fingerprint density at radius 1 is 1.45 bits per heavy atom. The first-order valence-corrected chi connectivity index (χ1v) is 13.5. The smallest absolute Gasteiger partial charge is 0.263 e. The molecule has 3 aromatic rings. The first-order valence-electron chi connectivity index (χ1n) is 9.92. The zero-order valence-corrected chi connectivity index (χ0v) is 19.7. The SMILES string of the molecule is CCc1cc2c(=O)n(Cc3ccco3)c(SCC(=O)N(C)[C@H]3CCS(=O)(=O)C3)nc2s1. The van der Waals surface area contributed by atoms with E-state index in [0.717, 1.165) is 11.3 Å². The summed E-state index contributed by atoms with van der Waals surface area (Å²) in [5, 5.41) is 1.01. The molecule has 31 heavy (non-hydrogen) atoms. The molecule has 0 bridgehead atoms. The average Bonchev–Trinajstić information content (AvgIpc) is 3.47. The van der Waals surface area contributed by atoms with Crippen LogP contribution in [0.1, 0.15) is 24.0 Å². The van der Waals surface area contributed by atoms with Crippen LogP contribution in [0.3, 0.4) is 0 Å². The third-order valence-corrected chi connectivity index (χ3v) is 9.27. The Bertz CT molecular complexity index is 1260. The number of aryl methyl sites for hydroxylation is 1. The Morgan fingerprint density at radius 2 is 2.26 bits per heavy atom. The van der Waals surface area contributed by atoms with E-state index in [1.165, 1.54) is 32.6 Å². The second-order valence-electron chi connectivity index (χ2n) is 7.50. The quantitative estimate of drug-likeness (QED) is 0.377. The van der Waals surface area contributed by atoms with Crippen molar-refractivity contribution in [2.24, 2.45) is 0 Å². The van der Waals surface area contributed by atoms with Gasteiger partial charge in [-0.05, 0) is 31.0 Å². The van der Waals surface area contributed by atoms with Gasteiger partial charge in [-0.2, -0.15) is 0 Å². The fourth-order valence-corrected chi connectivity index (χ4v) is 7.25. The van der Waals surface area contributed by atoms with Gasteiger partial charge in [0.05, 0.1) is 35.5 Å². The second kappa shape index (κ2) is 8.79. The molecular weight excluding hydrogens is 458 g/mol. The van der Waals surface area contributed by atoms with Gasteiger partial charge in [-0.3, -0.25) is 14.2 Å². The van der Waals surface area contributed by atoms with E-state index in [4.69, 9.17) is 4.42 Å². The minimum absolute atomic E-state index is 0.00229. The van der Waals surface area contributed by atoms with Gasteiger partial charge >= 0.3 is 0 Å². The largest absolute Gasteiger partial charge is 0.467 e. The van der Waals surface area contributed by atoms with Crippen LogP contribution in [0.2, 0.25) is 0 Å². The zero-order valence-electron chi connectivity index (χ0n) is 17.2. The van der Waals surface area contributed by atoms with Gasteiger partial charge in [-0.1, -0.05) is 18.7 Å². The topological polar surface area (TPSA) is 102 Å². The fourth-order valence-electron chi connectivity index (χ4n) is 3.54. The van der Waals surface area contributed by atoms with Crippen LogP contribution in [0.25, 0.3) is 10.2 Å². The fraction of sp³-hybridized carbons (Fsp3) is 0.450. The molecule has 3 aromatic heterocycles. The number of sulfone groups is 1. The molecule has 0 radical (unpaired) electrons. The van der Waals surface area contributed by atoms with E-state index in [9.17, 15) is 18.0 Å². The number of thioether (sulfide) groups is 1. The normalized spacial score (nSPS) is 17.9. The number of furan rings is 1. The van der Waals surface area contributed by atoms with Gasteiger partial charge in [-0.15, -0.1) is 11.3 Å². The Hall–Kier alpha value is -2.11. The van der Waals surface area contributed by atoms with Crippen LogP contribution in [0.5, 0.6) is 0 Å². The molecule has 1 aliphatic heterocycles. The van der Waals surface area contributed by atoms with Crippen LogP contribution < -0.4 is 5.56 Å². The first kappa shape index (κ1) is 22.1. The van der Waals surface area contributed by atoms with Crippen LogP contribution in [0.15, 0.2) is 38.8 Å². The monoisotopic (exact) mass is 481 g/mol. The molecule has 0 aromatic carbocycles. The number of hydrogen-bond donors (Lipinski definition) is 0. The van der Waals surface area contributed by atoms with Crippen LogP contribution in [-0.2, 0) is 27.6 Å². The number of carbonyl (C=O) groups excluding carboxylic acids is 1. The number of carbonyl (C=O) groups is 1. The lowest BCUT2D eigenvalue weighted by Gasteiger charge is -2.23. The van der Waals surface area contributed by atoms with Crippen molar-refractivity contribution >= 4 is 49.1 Å². The van der Waals surface area contributed by atoms with Crippen molar-refractivity contribution in [1.29, 1.82) is 0 Å². The van der Waals surface area contributed by atoms with Crippen molar-refractivity contribution in [2.45, 2.75) is 37.5 Å². The molecule has 1 saturated heterocycles. The van der Waals surface area contributed by atoms with E-state index in [0.29, 0.717) is 27.6 Å². The summed E-state index contributed by atoms with van der Waals surface area (Å²) in [7, 11) is -1.44. The zero-order chi connectivity index (χ0) is 22.2. The molecule has 1 amide bonds. The van der Waals surface area contributed by atoms with Gasteiger partial charge in [0.2, 0.25) is 5.91 Å². The lowest BCUT2D eigenvalue weighted by Crippen LogP contribution is -2.39. The van der Waals surface area contributed by atoms with E-state index in [-0.39, 0.29) is 41.3 Å². The second-order valence-corrected chi connectivity index (χ2v) is 11.8. The number of hydrogen-bond acceptors (Lipinski definition) is 8. The third kappa shape index (κ3) is 4.73. The molecule has 0 spiro atoms. The maximum Gasteiger partial charge on any atom is 0.263 e. The lowest BCUT2D eigenvalue weighted by molar-refractivity contribution is -0.128. The van der Waals surface area contributed by atoms with Gasteiger partial charge in [0, 0.05) is 18.0 Å². The maximum atomic E-state index is 13.2. The minimum atomic E-state index is -3.07. The van der Waals surface area contributed by atoms with Crippen LogP contribution >= 0.6 is 23.1 Å². The van der Waals surface area contributed by atoms with Crippen molar-refractivity contribution < 1.29 is 17.6 Å². The van der Waals surface area contributed by atoms with Gasteiger partial charge in [-0.25, -0.2) is 13.4 Å². The molecule has 0 aliphatic carbocycles. The Kier molecular flexibility index (Phi) is 6.27. The summed E-state index contributed by atoms with van der Waals surface area (Å²) in [4.78, 5) is 33.8. The highest BCUT2D eigenvalue weighted by atomic mass is 32.2. The summed E-state index contributed by atoms with van der Waals surface area (Å²) in [6.07, 6.45) is 2.82. The van der Waals surface area contributed by atoms with Crippen molar-refractivity contribution in [3.05, 3.63) is 45.5 Å². The third-order valence-electron chi connectivity index (χ3n) is 5.38. The van der Waals surface area contributed by atoms with Crippen LogP contribution in [-0.4, -0.2) is 59.1 Å². The predicted octanol–water partition coefficient (Wildman–Crippen LogP) is 2.40. The summed E-state index contributed by atoms with van der Waals surface area (Å²) in [6.45, 7) is 2.25. The molecule has 4 heterocycles. The molecule has 166 valence electrons. The molecule has 0 N–H and O–H groups in total. The molecule has 4 rings (SSSR count). The molecule has 8 nitrogen and oxygen atoms in total. The standard InChI is InChI=1S/C20H23N3O5S3/c1-3-15-9-16-18(30-15)21-20(23(19(16)25)10-14-5-4-7-28-14)29-11-17(24)22(2)13-6-8-31(26,27)12-13/h4-5,7,9,13H,3,6,8,10-12H2,1-2H3/t13-/m0/s1. The number of fused-ring (bicyclic) bond motifs is 1. The van der Waals surface area contributed by atoms with Crippen LogP contribution in [0.4, 0.5) is 0 Å². The highest BCUT2D eigenvalue weighted by Gasteiger charge is 2.32. The summed E-state index contributed by atoms with van der Waals surface area (Å²) in [5.41, 5.74) is -0.164. The van der Waals surface area contributed by atoms with E-state index in [1.807, 2.05) is 13.0 Å². The van der Waals surface area contributed by atoms with E-state index < -0.39 is 9.84 Å². The minimum Gasteiger partial charge on any atom is -0.467 e. The summed E-state index contributed by atoms with van der Waals surface area (Å²) in [5.74, 6) is 0.612. The van der Waals surface area contributed by atoms with Crippen molar-refractivity contribution in [1.82, 2.24) is 14.5 Å². The number of aromatic nitrogens is 2.